The van der Waals surface area contributed by atoms with Crippen molar-refractivity contribution >= 4 is 56.1 Å². The number of hydrogen-bond acceptors (Lipinski definition) is 6. The number of fused-ring (bicyclic) bond motifs is 1. The lowest BCUT2D eigenvalue weighted by Gasteiger charge is -2.37. The van der Waals surface area contributed by atoms with E-state index in [1.807, 2.05) is 37.3 Å². The Morgan fingerprint density at radius 3 is 2.23 bits per heavy atom. The third-order valence-corrected chi connectivity index (χ3v) is 10.3. The number of benzene rings is 3. The topological polar surface area (TPSA) is 93.6 Å². The number of esters is 1. The fraction of sp³-hybridized carbons (Fsp3) is 0.250. The van der Waals surface area contributed by atoms with E-state index >= 15 is 0 Å². The average molecular weight is 648 g/mol. The summed E-state index contributed by atoms with van der Waals surface area (Å²) in [5.74, 6) is -0.206. The van der Waals surface area contributed by atoms with Gasteiger partial charge in [0, 0.05) is 21.0 Å². The summed E-state index contributed by atoms with van der Waals surface area (Å²) in [4.78, 5) is 59.4. The molecule has 4 aromatic rings. The van der Waals surface area contributed by atoms with Crippen LogP contribution in [0.1, 0.15) is 32.7 Å². The molecule has 44 heavy (non-hydrogen) atoms. The number of ether oxygens (including phenoxy) is 1. The van der Waals surface area contributed by atoms with E-state index in [0.717, 1.165) is 16.5 Å². The molecule has 0 spiro atoms. The van der Waals surface area contributed by atoms with Gasteiger partial charge in [-0.3, -0.25) is 19.3 Å². The number of halogens is 1. The van der Waals surface area contributed by atoms with Crippen molar-refractivity contribution in [1.82, 2.24) is 4.98 Å². The fourth-order valence-electron chi connectivity index (χ4n) is 7.68. The van der Waals surface area contributed by atoms with Crippen molar-refractivity contribution < 1.29 is 23.9 Å². The normalized spacial score (nSPS) is 26.1. The fourth-order valence-corrected chi connectivity index (χ4v) is 8.25. The van der Waals surface area contributed by atoms with Gasteiger partial charge in [-0.1, -0.05) is 70.5 Å². The first kappa shape index (κ1) is 27.1. The molecule has 2 bridgehead atoms. The van der Waals surface area contributed by atoms with Gasteiger partial charge in [0.25, 0.3) is 0 Å². The number of carbonyl (C=O) groups excluding carboxylic acids is 4. The molecule has 8 heteroatoms. The van der Waals surface area contributed by atoms with Crippen LogP contribution in [0.3, 0.4) is 0 Å². The van der Waals surface area contributed by atoms with Crippen LogP contribution in [-0.2, 0) is 14.3 Å². The minimum Gasteiger partial charge on any atom is -0.454 e. The molecule has 2 amide bonds. The molecule has 5 aliphatic rings. The Labute approximate surface area is 262 Å². The molecule has 1 aliphatic heterocycles. The van der Waals surface area contributed by atoms with Crippen molar-refractivity contribution in [2.75, 3.05) is 11.5 Å². The van der Waals surface area contributed by atoms with Crippen molar-refractivity contribution in [1.29, 1.82) is 0 Å². The Morgan fingerprint density at radius 1 is 0.909 bits per heavy atom. The van der Waals surface area contributed by atoms with E-state index in [0.29, 0.717) is 45.2 Å². The number of hydrogen-bond donors (Lipinski definition) is 0. The predicted octanol–water partition coefficient (Wildman–Crippen LogP) is 6.57. The first-order valence-electron chi connectivity index (χ1n) is 14.8. The molecule has 6 unspecified atom stereocenters. The van der Waals surface area contributed by atoms with Gasteiger partial charge in [-0.05, 0) is 72.9 Å². The van der Waals surface area contributed by atoms with E-state index < -0.39 is 5.97 Å². The zero-order chi connectivity index (χ0) is 30.3. The van der Waals surface area contributed by atoms with Gasteiger partial charge in [0.2, 0.25) is 11.8 Å². The molecule has 6 atom stereocenters. The summed E-state index contributed by atoms with van der Waals surface area (Å²) in [5.41, 5.74) is 4.04. The molecule has 1 saturated heterocycles. The number of aromatic nitrogens is 1. The Bertz CT molecular complexity index is 1900. The average Bonchev–Trinajstić information content (AvgIpc) is 3.82. The van der Waals surface area contributed by atoms with Crippen LogP contribution < -0.4 is 4.90 Å². The van der Waals surface area contributed by atoms with Gasteiger partial charge >= 0.3 is 5.97 Å². The van der Waals surface area contributed by atoms with E-state index in [-0.39, 0.29) is 53.4 Å². The highest BCUT2D eigenvalue weighted by molar-refractivity contribution is 9.10. The second-order valence-corrected chi connectivity index (χ2v) is 13.2. The molecule has 2 saturated carbocycles. The lowest BCUT2D eigenvalue weighted by atomic mass is 9.63. The number of amides is 2. The summed E-state index contributed by atoms with van der Waals surface area (Å²) >= 11 is 3.51. The minimum atomic E-state index is -0.630. The first-order chi connectivity index (χ1) is 21.3. The number of Topliss-reactive ketones (excluding diaryl/α,β-unsaturated/α-hetero) is 1. The lowest BCUT2D eigenvalue weighted by Crippen LogP contribution is -2.40. The van der Waals surface area contributed by atoms with Crippen LogP contribution in [0.5, 0.6) is 0 Å². The molecule has 2 heterocycles. The predicted molar refractivity (Wildman–Crippen MR) is 168 cm³/mol. The highest BCUT2D eigenvalue weighted by Crippen LogP contribution is 2.65. The number of nitrogens with zero attached hydrogens (tertiary/aromatic N) is 2. The van der Waals surface area contributed by atoms with Crippen LogP contribution in [0.15, 0.2) is 89.4 Å². The third kappa shape index (κ3) is 4.19. The first-order valence-corrected chi connectivity index (χ1v) is 15.6. The molecule has 7 nitrogen and oxygen atoms in total. The standard InChI is InChI=1S/C36H27BrN2O5/c1-18-13-21(37)14-27-28(36(43)44-17-30(40)20-5-3-2-4-6-20)16-29(38-33(18)27)19-7-9-22(10-8-19)39-34(41)31-23-11-12-24(26-15-25(23)26)32(31)35(39)42/h2-14,16,23-26,31-32H,15,17H2,1H3. The van der Waals surface area contributed by atoms with Crippen LogP contribution in [0, 0.1) is 42.4 Å². The van der Waals surface area contributed by atoms with Crippen LogP contribution in [0.25, 0.3) is 22.2 Å². The lowest BCUT2D eigenvalue weighted by molar-refractivity contribution is -0.124. The molecule has 0 N–H and O–H groups in total. The molecule has 1 aromatic heterocycles. The van der Waals surface area contributed by atoms with E-state index in [2.05, 4.69) is 28.1 Å². The molecule has 218 valence electrons. The summed E-state index contributed by atoms with van der Waals surface area (Å²) in [5, 5.41) is 0.603. The van der Waals surface area contributed by atoms with E-state index in [9.17, 15) is 19.2 Å². The number of ketones is 1. The van der Waals surface area contributed by atoms with Gasteiger partial charge in [-0.15, -0.1) is 0 Å². The maximum absolute atomic E-state index is 13.6. The molecule has 3 aromatic carbocycles. The smallest absolute Gasteiger partial charge is 0.339 e. The monoisotopic (exact) mass is 646 g/mol. The zero-order valence-corrected chi connectivity index (χ0v) is 25.4. The van der Waals surface area contributed by atoms with E-state index in [4.69, 9.17) is 9.72 Å². The quantitative estimate of drug-likeness (QED) is 0.102. The number of rotatable bonds is 6. The molecule has 3 fully saturated rings. The van der Waals surface area contributed by atoms with Gasteiger partial charge in [0.1, 0.15) is 0 Å². The summed E-state index contributed by atoms with van der Waals surface area (Å²) in [7, 11) is 0. The van der Waals surface area contributed by atoms with E-state index in [1.165, 1.54) is 4.90 Å². The second kappa shape index (κ2) is 10.1. The van der Waals surface area contributed by atoms with Crippen molar-refractivity contribution in [3.8, 4) is 11.3 Å². The van der Waals surface area contributed by atoms with Crippen LogP contribution in [0.4, 0.5) is 5.69 Å². The Balaban J connectivity index is 1.10. The zero-order valence-electron chi connectivity index (χ0n) is 23.8. The highest BCUT2D eigenvalue weighted by Gasteiger charge is 2.67. The summed E-state index contributed by atoms with van der Waals surface area (Å²) in [6.45, 7) is 1.53. The molecular formula is C36H27BrN2O5. The maximum atomic E-state index is 13.6. The maximum Gasteiger partial charge on any atom is 0.339 e. The summed E-state index contributed by atoms with van der Waals surface area (Å²) < 4.78 is 6.28. The van der Waals surface area contributed by atoms with Crippen LogP contribution >= 0.6 is 15.9 Å². The summed E-state index contributed by atoms with van der Waals surface area (Å²) in [6.07, 6.45) is 5.46. The van der Waals surface area contributed by atoms with Crippen molar-refractivity contribution in [3.05, 3.63) is 106 Å². The van der Waals surface area contributed by atoms with Crippen LogP contribution in [0.2, 0.25) is 0 Å². The number of aryl methyl sites for hydroxylation is 1. The summed E-state index contributed by atoms with van der Waals surface area (Å²) in [6, 6.07) is 21.3. The third-order valence-electron chi connectivity index (χ3n) is 9.80. The number of allylic oxidation sites excluding steroid dienone is 2. The Hall–Kier alpha value is -4.43. The molecule has 0 radical (unpaired) electrons. The van der Waals surface area contributed by atoms with Crippen LogP contribution in [-0.4, -0.2) is 35.2 Å². The van der Waals surface area contributed by atoms with Gasteiger partial charge in [-0.2, -0.15) is 0 Å². The van der Waals surface area contributed by atoms with Crippen molar-refractivity contribution in [2.45, 2.75) is 13.3 Å². The molecule has 4 aliphatic carbocycles. The minimum absolute atomic E-state index is 0.0995. The molecular weight excluding hydrogens is 620 g/mol. The highest BCUT2D eigenvalue weighted by atomic mass is 79.9. The SMILES string of the molecule is Cc1cc(Br)cc2c(C(=O)OCC(=O)c3ccccc3)cc(-c3ccc(N4C(=O)C5C6C=CC(C7CC67)C5C4=O)cc3)nc12. The van der Waals surface area contributed by atoms with Gasteiger partial charge in [-0.25, -0.2) is 9.78 Å². The van der Waals surface area contributed by atoms with Crippen molar-refractivity contribution in [2.24, 2.45) is 35.5 Å². The van der Waals surface area contributed by atoms with Gasteiger partial charge < -0.3 is 4.74 Å². The van der Waals surface area contributed by atoms with Gasteiger partial charge in [0.05, 0.1) is 34.3 Å². The Morgan fingerprint density at radius 2 is 1.57 bits per heavy atom. The molecule has 9 rings (SSSR count). The van der Waals surface area contributed by atoms with Crippen molar-refractivity contribution in [3.63, 3.8) is 0 Å². The Kier molecular flexibility index (Phi) is 6.20. The van der Waals surface area contributed by atoms with E-state index in [1.54, 1.807) is 42.5 Å². The number of anilines is 1. The second-order valence-electron chi connectivity index (χ2n) is 12.3. The van der Waals surface area contributed by atoms with Gasteiger partial charge in [0.15, 0.2) is 12.4 Å². The largest absolute Gasteiger partial charge is 0.454 e. The number of imide groups is 1. The number of pyridine rings is 1. The number of carbonyl (C=O) groups is 4.